The number of amides is 1. The van der Waals surface area contributed by atoms with Gasteiger partial charge in [0.05, 0.1) is 6.61 Å². The summed E-state index contributed by atoms with van der Waals surface area (Å²) in [6.45, 7) is 1.23. The van der Waals surface area contributed by atoms with Crippen molar-refractivity contribution < 1.29 is 19.1 Å². The summed E-state index contributed by atoms with van der Waals surface area (Å²) in [5, 5.41) is 2.71. The molecule has 136 valence electrons. The summed E-state index contributed by atoms with van der Waals surface area (Å²) in [5.74, 6) is 2.65. The van der Waals surface area contributed by atoms with Crippen molar-refractivity contribution in [2.45, 2.75) is 45.1 Å². The van der Waals surface area contributed by atoms with Gasteiger partial charge >= 0.3 is 12.1 Å². The van der Waals surface area contributed by atoms with Crippen molar-refractivity contribution >= 4 is 28.0 Å². The minimum atomic E-state index is -0.415. The Bertz CT molecular complexity index is 566. The Labute approximate surface area is 157 Å². The number of unbranched alkanes of at least 4 members (excludes halogenated alkanes) is 3. The quantitative estimate of drug-likeness (QED) is 0.338. The Balaban J connectivity index is 1.91. The van der Waals surface area contributed by atoms with Crippen molar-refractivity contribution in [2.75, 3.05) is 13.2 Å². The van der Waals surface area contributed by atoms with E-state index in [1.807, 2.05) is 30.3 Å². The molecule has 0 fully saturated rings. The second-order valence-electron chi connectivity index (χ2n) is 5.39. The van der Waals surface area contributed by atoms with Gasteiger partial charge in [-0.2, -0.15) is 0 Å². The number of alkyl carbamates (subject to hydrolysis) is 1. The molecule has 0 saturated carbocycles. The molecule has 0 saturated heterocycles. The fraction of sp³-hybridized carbons (Fsp3) is 0.474. The topological polar surface area (TPSA) is 64.6 Å². The average Bonchev–Trinajstić information content (AvgIpc) is 2.63. The summed E-state index contributed by atoms with van der Waals surface area (Å²) in [7, 11) is 0. The van der Waals surface area contributed by atoms with Crippen LogP contribution in [0.1, 0.15) is 44.1 Å². The van der Waals surface area contributed by atoms with Gasteiger partial charge in [-0.1, -0.05) is 36.3 Å². The van der Waals surface area contributed by atoms with Crippen LogP contribution in [0.3, 0.4) is 0 Å². The van der Waals surface area contributed by atoms with Crippen molar-refractivity contribution in [1.29, 1.82) is 0 Å². The molecule has 1 aromatic carbocycles. The first-order valence-electron chi connectivity index (χ1n) is 8.41. The SMILES string of the molecule is O=C(CCCC#CBr)OCCCCCNC(=O)OCc1ccccc1. The molecule has 5 nitrogen and oxygen atoms in total. The smallest absolute Gasteiger partial charge is 0.407 e. The van der Waals surface area contributed by atoms with Crippen LogP contribution in [0.5, 0.6) is 0 Å². The Morgan fingerprint density at radius 3 is 2.60 bits per heavy atom. The van der Waals surface area contributed by atoms with Gasteiger partial charge in [0.15, 0.2) is 0 Å². The molecule has 6 heteroatoms. The Morgan fingerprint density at radius 2 is 1.84 bits per heavy atom. The monoisotopic (exact) mass is 409 g/mol. The summed E-state index contributed by atoms with van der Waals surface area (Å²) in [4.78, 5) is 25.6. The van der Waals surface area contributed by atoms with Gasteiger partial charge in [0.25, 0.3) is 0 Å². The molecular weight excluding hydrogens is 386 g/mol. The maximum atomic E-state index is 11.5. The van der Waals surface area contributed by atoms with E-state index in [2.05, 4.69) is 32.0 Å². The molecule has 0 unspecified atom stereocenters. The first-order valence-corrected chi connectivity index (χ1v) is 9.20. The molecule has 0 bridgehead atoms. The molecule has 0 heterocycles. The summed E-state index contributed by atoms with van der Waals surface area (Å²) in [6, 6.07) is 9.54. The maximum Gasteiger partial charge on any atom is 0.407 e. The van der Waals surface area contributed by atoms with Gasteiger partial charge in [0, 0.05) is 35.3 Å². The highest BCUT2D eigenvalue weighted by atomic mass is 79.9. The number of carbonyl (C=O) groups is 2. The molecule has 0 aliphatic rings. The van der Waals surface area contributed by atoms with E-state index in [1.165, 1.54) is 0 Å². The Hall–Kier alpha value is -2.00. The van der Waals surface area contributed by atoms with Crippen LogP contribution in [-0.2, 0) is 20.9 Å². The number of benzene rings is 1. The molecule has 1 aromatic rings. The highest BCUT2D eigenvalue weighted by molar-refractivity contribution is 9.12. The molecule has 25 heavy (non-hydrogen) atoms. The van der Waals surface area contributed by atoms with Gasteiger partial charge in [-0.3, -0.25) is 4.79 Å². The zero-order valence-corrected chi connectivity index (χ0v) is 15.8. The number of halogens is 1. The predicted molar refractivity (Wildman–Crippen MR) is 100.0 cm³/mol. The van der Waals surface area contributed by atoms with Crippen molar-refractivity contribution in [2.24, 2.45) is 0 Å². The third-order valence-electron chi connectivity index (χ3n) is 3.32. The fourth-order valence-corrected chi connectivity index (χ4v) is 2.19. The lowest BCUT2D eigenvalue weighted by Gasteiger charge is -2.07. The molecule has 0 aliphatic carbocycles. The van der Waals surface area contributed by atoms with E-state index in [1.54, 1.807) is 0 Å². The summed E-state index contributed by atoms with van der Waals surface area (Å²) in [6.07, 6.45) is 3.87. The molecule has 0 radical (unpaired) electrons. The normalized spacial score (nSPS) is 9.64. The van der Waals surface area contributed by atoms with Gasteiger partial charge in [-0.15, -0.1) is 0 Å². The molecule has 1 rings (SSSR count). The van der Waals surface area contributed by atoms with Crippen LogP contribution in [0, 0.1) is 10.8 Å². The lowest BCUT2D eigenvalue weighted by Crippen LogP contribution is -2.25. The van der Waals surface area contributed by atoms with Crippen LogP contribution in [0.15, 0.2) is 30.3 Å². The number of ether oxygens (including phenoxy) is 2. The largest absolute Gasteiger partial charge is 0.466 e. The minimum Gasteiger partial charge on any atom is -0.466 e. The van der Waals surface area contributed by atoms with E-state index in [0.29, 0.717) is 32.4 Å². The van der Waals surface area contributed by atoms with E-state index >= 15 is 0 Å². The number of hydrogen-bond acceptors (Lipinski definition) is 4. The van der Waals surface area contributed by atoms with Gasteiger partial charge in [0.1, 0.15) is 6.61 Å². The molecule has 0 atom stereocenters. The zero-order valence-electron chi connectivity index (χ0n) is 14.3. The third kappa shape index (κ3) is 12.1. The fourth-order valence-electron chi connectivity index (χ4n) is 1.99. The average molecular weight is 410 g/mol. The van der Waals surface area contributed by atoms with E-state index < -0.39 is 6.09 Å². The van der Waals surface area contributed by atoms with E-state index in [9.17, 15) is 9.59 Å². The minimum absolute atomic E-state index is 0.181. The number of rotatable bonds is 11. The van der Waals surface area contributed by atoms with Gasteiger partial charge < -0.3 is 14.8 Å². The van der Waals surface area contributed by atoms with E-state index in [0.717, 1.165) is 24.8 Å². The Morgan fingerprint density at radius 1 is 1.04 bits per heavy atom. The van der Waals surface area contributed by atoms with Crippen LogP contribution < -0.4 is 5.32 Å². The Kier molecular flexibility index (Phi) is 12.1. The highest BCUT2D eigenvalue weighted by Gasteiger charge is 2.03. The van der Waals surface area contributed by atoms with Crippen LogP contribution in [0.4, 0.5) is 4.79 Å². The first-order chi connectivity index (χ1) is 12.2. The van der Waals surface area contributed by atoms with E-state index in [-0.39, 0.29) is 12.6 Å². The van der Waals surface area contributed by atoms with Crippen LogP contribution in [-0.4, -0.2) is 25.2 Å². The van der Waals surface area contributed by atoms with E-state index in [4.69, 9.17) is 9.47 Å². The van der Waals surface area contributed by atoms with Crippen molar-refractivity contribution in [1.82, 2.24) is 5.32 Å². The lowest BCUT2D eigenvalue weighted by atomic mass is 10.2. The second-order valence-corrected chi connectivity index (χ2v) is 5.79. The summed E-state index contributed by atoms with van der Waals surface area (Å²) in [5.41, 5.74) is 0.957. The van der Waals surface area contributed by atoms with Crippen LogP contribution in [0.2, 0.25) is 0 Å². The maximum absolute atomic E-state index is 11.5. The predicted octanol–water partition coefficient (Wildman–Crippen LogP) is 4.15. The van der Waals surface area contributed by atoms with Crippen LogP contribution in [0.25, 0.3) is 0 Å². The first kappa shape index (κ1) is 21.0. The van der Waals surface area contributed by atoms with Crippen molar-refractivity contribution in [3.8, 4) is 10.8 Å². The number of hydrogen-bond donors (Lipinski definition) is 1. The zero-order chi connectivity index (χ0) is 18.2. The molecule has 0 spiro atoms. The van der Waals surface area contributed by atoms with Gasteiger partial charge in [-0.25, -0.2) is 4.79 Å². The molecular formula is C19H24BrNO4. The summed E-state index contributed by atoms with van der Waals surface area (Å²) >= 11 is 3.01. The number of nitrogens with one attached hydrogen (secondary N) is 1. The number of carbonyl (C=O) groups excluding carboxylic acids is 2. The third-order valence-corrected chi connectivity index (χ3v) is 3.60. The molecule has 0 aliphatic heterocycles. The highest BCUT2D eigenvalue weighted by Crippen LogP contribution is 2.02. The van der Waals surface area contributed by atoms with Crippen LogP contribution >= 0.6 is 15.9 Å². The standard InChI is InChI=1S/C19H24BrNO4/c20-13-7-2-6-12-18(22)24-15-9-3-8-14-21-19(23)25-16-17-10-4-1-5-11-17/h1,4-5,10-11H,2-3,6,8-9,12,14-16H2,(H,21,23). The lowest BCUT2D eigenvalue weighted by molar-refractivity contribution is -0.143. The molecule has 0 aromatic heterocycles. The molecule has 1 N–H and O–H groups in total. The van der Waals surface area contributed by atoms with Crippen molar-refractivity contribution in [3.05, 3.63) is 35.9 Å². The van der Waals surface area contributed by atoms with Crippen molar-refractivity contribution in [3.63, 3.8) is 0 Å². The van der Waals surface area contributed by atoms with Gasteiger partial charge in [-0.05, 0) is 36.1 Å². The summed E-state index contributed by atoms with van der Waals surface area (Å²) < 4.78 is 10.2. The second kappa shape index (κ2) is 14.4. The number of esters is 1. The molecule has 1 amide bonds. The van der Waals surface area contributed by atoms with Gasteiger partial charge in [0.2, 0.25) is 0 Å².